The van der Waals surface area contributed by atoms with E-state index < -0.39 is 6.04 Å². The number of benzene rings is 1. The highest BCUT2D eigenvalue weighted by atomic mass is 35.5. The van der Waals surface area contributed by atoms with E-state index in [9.17, 15) is 9.59 Å². The number of Topliss-reactive ketones (excluding diaryl/α,β-unsaturated/α-hetero) is 1. The quantitative estimate of drug-likeness (QED) is 0.667. The molecule has 7 nitrogen and oxygen atoms in total. The number of ketones is 1. The van der Waals surface area contributed by atoms with Crippen LogP contribution in [0.1, 0.15) is 32.4 Å². The first-order valence-corrected chi connectivity index (χ1v) is 9.46. The van der Waals surface area contributed by atoms with Crippen molar-refractivity contribution in [3.63, 3.8) is 0 Å². The number of ether oxygens (including phenoxy) is 3. The second-order valence-electron chi connectivity index (χ2n) is 5.76. The normalized spacial score (nSPS) is 15.8. The maximum Gasteiger partial charge on any atom is 0.316 e. The van der Waals surface area contributed by atoms with Crippen molar-refractivity contribution >= 4 is 41.1 Å². The Labute approximate surface area is 175 Å². The maximum absolute atomic E-state index is 12.2. The molecule has 0 fully saturated rings. The van der Waals surface area contributed by atoms with Crippen molar-refractivity contribution in [3.8, 4) is 11.5 Å². The van der Waals surface area contributed by atoms with Gasteiger partial charge in [-0.1, -0.05) is 17.8 Å². The van der Waals surface area contributed by atoms with E-state index in [4.69, 9.17) is 14.2 Å². The van der Waals surface area contributed by atoms with Crippen LogP contribution < -0.4 is 14.8 Å². The standard InChI is InChI=1S/C19H24N2O5S.ClH/c1-6-26-16(23)10-27-19-20-11(2)17(12(3)22)18(21-19)13-7-8-14(24-4)15(9-13)25-5;/h7-9,18H,6,10H2,1-5H3,(H,20,21);1H. The molecule has 0 radical (unpaired) electrons. The fraction of sp³-hybridized carbons (Fsp3) is 0.421. The summed E-state index contributed by atoms with van der Waals surface area (Å²) in [6.07, 6.45) is 0. The summed E-state index contributed by atoms with van der Waals surface area (Å²) >= 11 is 1.24. The number of aliphatic imine (C=N–C) groups is 1. The van der Waals surface area contributed by atoms with Gasteiger partial charge >= 0.3 is 5.97 Å². The third-order valence-corrected chi connectivity index (χ3v) is 4.81. The summed E-state index contributed by atoms with van der Waals surface area (Å²) in [6, 6.07) is 4.95. The number of hydrogen-bond acceptors (Lipinski definition) is 8. The number of hydrogen-bond donors (Lipinski definition) is 1. The topological polar surface area (TPSA) is 86.2 Å². The van der Waals surface area contributed by atoms with Gasteiger partial charge in [0, 0.05) is 11.3 Å². The van der Waals surface area contributed by atoms with Crippen LogP contribution in [0.25, 0.3) is 0 Å². The van der Waals surface area contributed by atoms with E-state index in [1.807, 2.05) is 19.1 Å². The first-order chi connectivity index (χ1) is 12.9. The number of esters is 1. The van der Waals surface area contributed by atoms with E-state index in [2.05, 4.69) is 10.3 Å². The fourth-order valence-electron chi connectivity index (χ4n) is 2.77. The molecule has 1 aliphatic heterocycles. The molecule has 2 rings (SSSR count). The lowest BCUT2D eigenvalue weighted by Crippen LogP contribution is -2.30. The Hall–Kier alpha value is -2.19. The number of carbonyl (C=O) groups is 2. The van der Waals surface area contributed by atoms with Crippen LogP contribution in [0.5, 0.6) is 11.5 Å². The number of halogens is 1. The number of nitrogens with one attached hydrogen (secondary N) is 1. The van der Waals surface area contributed by atoms with Crippen molar-refractivity contribution in [2.45, 2.75) is 26.8 Å². The van der Waals surface area contributed by atoms with Crippen LogP contribution in [-0.2, 0) is 14.3 Å². The first-order valence-electron chi connectivity index (χ1n) is 8.48. The van der Waals surface area contributed by atoms with Crippen LogP contribution in [0.3, 0.4) is 0 Å². The van der Waals surface area contributed by atoms with Crippen molar-refractivity contribution in [2.24, 2.45) is 4.99 Å². The zero-order valence-electron chi connectivity index (χ0n) is 16.5. The summed E-state index contributed by atoms with van der Waals surface area (Å²) in [5.74, 6) is 0.916. The number of rotatable bonds is 7. The molecule has 1 N–H and O–H groups in total. The molecule has 1 aromatic carbocycles. The van der Waals surface area contributed by atoms with Gasteiger partial charge in [0.05, 0.1) is 26.6 Å². The molecule has 0 saturated heterocycles. The first kappa shape index (κ1) is 23.8. The monoisotopic (exact) mass is 428 g/mol. The van der Waals surface area contributed by atoms with Crippen LogP contribution in [0.15, 0.2) is 34.5 Å². The van der Waals surface area contributed by atoms with E-state index in [1.165, 1.54) is 18.7 Å². The SMILES string of the molecule is CCOC(=O)CSC1=NC(c2ccc(OC)c(OC)c2)C(C(C)=O)=C(C)N1.Cl. The van der Waals surface area contributed by atoms with E-state index in [0.29, 0.717) is 34.5 Å². The summed E-state index contributed by atoms with van der Waals surface area (Å²) in [7, 11) is 3.12. The van der Waals surface area contributed by atoms with Gasteiger partial charge in [-0.25, -0.2) is 4.99 Å². The Morgan fingerprint density at radius 1 is 1.21 bits per heavy atom. The Kier molecular flexibility index (Phi) is 9.34. The number of thioether (sulfide) groups is 1. The lowest BCUT2D eigenvalue weighted by Gasteiger charge is -2.26. The average Bonchev–Trinajstić information content (AvgIpc) is 2.65. The van der Waals surface area contributed by atoms with Crippen LogP contribution in [-0.4, -0.2) is 43.5 Å². The van der Waals surface area contributed by atoms with Crippen molar-refractivity contribution in [2.75, 3.05) is 26.6 Å². The molecule has 9 heteroatoms. The van der Waals surface area contributed by atoms with Gasteiger partial charge < -0.3 is 19.5 Å². The molecule has 1 aliphatic rings. The zero-order valence-corrected chi connectivity index (χ0v) is 18.2. The molecule has 1 aromatic rings. The summed E-state index contributed by atoms with van der Waals surface area (Å²) in [4.78, 5) is 28.5. The van der Waals surface area contributed by atoms with Gasteiger partial charge in [0.15, 0.2) is 22.4 Å². The van der Waals surface area contributed by atoms with E-state index in [-0.39, 0.29) is 29.9 Å². The minimum absolute atomic E-state index is 0. The van der Waals surface area contributed by atoms with Crippen LogP contribution in [0, 0.1) is 0 Å². The molecule has 0 amide bonds. The van der Waals surface area contributed by atoms with E-state index >= 15 is 0 Å². The molecule has 0 aromatic heterocycles. The Morgan fingerprint density at radius 3 is 2.46 bits per heavy atom. The third-order valence-electron chi connectivity index (χ3n) is 3.95. The van der Waals surface area contributed by atoms with Gasteiger partial charge in [-0.05, 0) is 38.5 Å². The second kappa shape index (κ2) is 11.0. The number of methoxy groups -OCH3 is 2. The van der Waals surface area contributed by atoms with Gasteiger partial charge in [-0.2, -0.15) is 0 Å². The smallest absolute Gasteiger partial charge is 0.316 e. The summed E-state index contributed by atoms with van der Waals surface area (Å²) < 4.78 is 15.6. The van der Waals surface area contributed by atoms with Crippen molar-refractivity contribution in [3.05, 3.63) is 35.0 Å². The number of allylic oxidation sites excluding steroid dienone is 1. The lowest BCUT2D eigenvalue weighted by atomic mass is 9.94. The summed E-state index contributed by atoms with van der Waals surface area (Å²) in [5.41, 5.74) is 2.08. The molecule has 1 unspecified atom stereocenters. The summed E-state index contributed by atoms with van der Waals surface area (Å²) in [5, 5.41) is 3.66. The van der Waals surface area contributed by atoms with Gasteiger partial charge in [0.1, 0.15) is 6.04 Å². The Balaban J connectivity index is 0.00000392. The Morgan fingerprint density at radius 2 is 1.89 bits per heavy atom. The van der Waals surface area contributed by atoms with Gasteiger partial charge in [0.2, 0.25) is 0 Å². The van der Waals surface area contributed by atoms with Crippen LogP contribution in [0.2, 0.25) is 0 Å². The van der Waals surface area contributed by atoms with Crippen molar-refractivity contribution < 1.29 is 23.8 Å². The molecule has 1 heterocycles. The highest BCUT2D eigenvalue weighted by molar-refractivity contribution is 8.14. The van der Waals surface area contributed by atoms with Crippen molar-refractivity contribution in [1.82, 2.24) is 5.32 Å². The lowest BCUT2D eigenvalue weighted by molar-refractivity contribution is -0.139. The molecular formula is C19H25ClN2O5S. The molecule has 0 saturated carbocycles. The molecule has 0 bridgehead atoms. The van der Waals surface area contributed by atoms with E-state index in [1.54, 1.807) is 27.2 Å². The van der Waals surface area contributed by atoms with E-state index in [0.717, 1.165) is 5.56 Å². The zero-order chi connectivity index (χ0) is 20.0. The third kappa shape index (κ3) is 5.65. The highest BCUT2D eigenvalue weighted by Crippen LogP contribution is 2.37. The van der Waals surface area contributed by atoms with Gasteiger partial charge in [-0.3, -0.25) is 9.59 Å². The highest BCUT2D eigenvalue weighted by Gasteiger charge is 2.28. The minimum atomic E-state index is -0.492. The number of carbonyl (C=O) groups excluding carboxylic acids is 2. The molecule has 154 valence electrons. The molecular weight excluding hydrogens is 404 g/mol. The largest absolute Gasteiger partial charge is 0.493 e. The fourth-order valence-corrected chi connectivity index (χ4v) is 3.51. The predicted octanol–water partition coefficient (Wildman–Crippen LogP) is 3.29. The number of amidine groups is 1. The van der Waals surface area contributed by atoms with Crippen LogP contribution in [0.4, 0.5) is 0 Å². The van der Waals surface area contributed by atoms with Crippen molar-refractivity contribution in [1.29, 1.82) is 0 Å². The predicted molar refractivity (Wildman–Crippen MR) is 113 cm³/mol. The maximum atomic E-state index is 12.2. The summed E-state index contributed by atoms with van der Waals surface area (Å²) in [6.45, 7) is 5.43. The molecule has 28 heavy (non-hydrogen) atoms. The van der Waals surface area contributed by atoms with Gasteiger partial charge in [0.25, 0.3) is 0 Å². The molecule has 1 atom stereocenters. The molecule has 0 aliphatic carbocycles. The average molecular weight is 429 g/mol. The molecule has 0 spiro atoms. The minimum Gasteiger partial charge on any atom is -0.493 e. The van der Waals surface area contributed by atoms with Gasteiger partial charge in [-0.15, -0.1) is 12.4 Å². The van der Waals surface area contributed by atoms with Crippen LogP contribution >= 0.6 is 24.2 Å². The number of nitrogens with zero attached hydrogens (tertiary/aromatic N) is 1. The Bertz CT molecular complexity index is 795. The second-order valence-corrected chi connectivity index (χ2v) is 6.73.